The Morgan fingerprint density at radius 2 is 1.94 bits per heavy atom. The van der Waals surface area contributed by atoms with Gasteiger partial charge in [0, 0.05) is 13.1 Å². The van der Waals surface area contributed by atoms with E-state index in [2.05, 4.69) is 28.8 Å². The largest absolute Gasteiger partial charge is 0.490 e. The van der Waals surface area contributed by atoms with Gasteiger partial charge in [-0.05, 0) is 31.6 Å². The van der Waals surface area contributed by atoms with Crippen LogP contribution in [0.25, 0.3) is 0 Å². The Morgan fingerprint density at radius 3 is 2.56 bits per heavy atom. The Bertz CT molecular complexity index is 402. The third-order valence-electron chi connectivity index (χ3n) is 3.88. The van der Waals surface area contributed by atoms with Crippen LogP contribution in [0.3, 0.4) is 0 Å². The Balaban J connectivity index is 2.18. The quantitative estimate of drug-likeness (QED) is 0.889. The lowest BCUT2D eigenvalue weighted by molar-refractivity contribution is 0.337. The van der Waals surface area contributed by atoms with E-state index in [0.29, 0.717) is 17.6 Å². The Morgan fingerprint density at radius 1 is 1.28 bits per heavy atom. The van der Waals surface area contributed by atoms with E-state index in [1.54, 1.807) is 7.11 Å². The van der Waals surface area contributed by atoms with Gasteiger partial charge in [0.25, 0.3) is 0 Å². The number of aromatic nitrogens is 2. The molecule has 1 aromatic heterocycles. The molecule has 1 aliphatic rings. The molecule has 2 N–H and O–H groups in total. The predicted molar refractivity (Wildman–Crippen MR) is 72.8 cm³/mol. The minimum atomic E-state index is 0.401. The molecular weight excluding hydrogens is 228 g/mol. The van der Waals surface area contributed by atoms with E-state index in [4.69, 9.17) is 10.5 Å². The van der Waals surface area contributed by atoms with E-state index in [0.717, 1.165) is 11.7 Å². The number of anilines is 2. The third kappa shape index (κ3) is 2.49. The number of nitrogen functional groups attached to an aromatic ring is 1. The summed E-state index contributed by atoms with van der Waals surface area (Å²) in [6, 6.07) is 0.518. The monoisotopic (exact) mass is 250 g/mol. The van der Waals surface area contributed by atoms with Gasteiger partial charge < -0.3 is 15.4 Å². The van der Waals surface area contributed by atoms with Crippen molar-refractivity contribution in [2.75, 3.05) is 24.8 Å². The first-order chi connectivity index (χ1) is 8.63. The molecule has 1 aliphatic carbocycles. The second-order valence-electron chi connectivity index (χ2n) is 5.14. The molecule has 0 aliphatic heterocycles. The summed E-state index contributed by atoms with van der Waals surface area (Å²) in [5, 5.41) is 0. The van der Waals surface area contributed by atoms with Crippen molar-refractivity contribution >= 4 is 11.6 Å². The number of hydrogen-bond acceptors (Lipinski definition) is 5. The first-order valence-corrected chi connectivity index (χ1v) is 6.50. The summed E-state index contributed by atoms with van der Waals surface area (Å²) in [7, 11) is 3.67. The molecule has 1 fully saturated rings. The Labute approximate surface area is 108 Å². The number of methoxy groups -OCH3 is 1. The van der Waals surface area contributed by atoms with Crippen molar-refractivity contribution in [3.05, 3.63) is 6.33 Å². The van der Waals surface area contributed by atoms with Crippen molar-refractivity contribution in [2.45, 2.75) is 38.6 Å². The molecule has 0 aromatic carbocycles. The van der Waals surface area contributed by atoms with Gasteiger partial charge >= 0.3 is 0 Å². The van der Waals surface area contributed by atoms with E-state index in [9.17, 15) is 0 Å². The lowest BCUT2D eigenvalue weighted by atomic mass is 9.87. The Kier molecular flexibility index (Phi) is 3.89. The first-order valence-electron chi connectivity index (χ1n) is 6.50. The lowest BCUT2D eigenvalue weighted by Gasteiger charge is -2.34. The fourth-order valence-electron chi connectivity index (χ4n) is 2.63. The van der Waals surface area contributed by atoms with Crippen LogP contribution in [0.15, 0.2) is 6.33 Å². The van der Waals surface area contributed by atoms with Crippen molar-refractivity contribution in [1.29, 1.82) is 0 Å². The van der Waals surface area contributed by atoms with Gasteiger partial charge in [0.2, 0.25) is 5.75 Å². The van der Waals surface area contributed by atoms with Crippen LogP contribution in [0.1, 0.15) is 32.6 Å². The van der Waals surface area contributed by atoms with Gasteiger partial charge in [-0.3, -0.25) is 0 Å². The predicted octanol–water partition coefficient (Wildman–Crippen LogP) is 2.08. The van der Waals surface area contributed by atoms with Crippen LogP contribution in [0, 0.1) is 5.92 Å². The summed E-state index contributed by atoms with van der Waals surface area (Å²) in [6.45, 7) is 2.32. The number of nitrogens with zero attached hydrogens (tertiary/aromatic N) is 3. The van der Waals surface area contributed by atoms with Gasteiger partial charge in [0.05, 0.1) is 7.11 Å². The molecule has 5 nitrogen and oxygen atoms in total. The SMILES string of the molecule is COc1c(N)ncnc1N(C)C1CCC(C)CC1. The maximum atomic E-state index is 5.82. The van der Waals surface area contributed by atoms with E-state index in [-0.39, 0.29) is 0 Å². The van der Waals surface area contributed by atoms with Crippen molar-refractivity contribution in [2.24, 2.45) is 5.92 Å². The van der Waals surface area contributed by atoms with Gasteiger partial charge in [-0.2, -0.15) is 0 Å². The molecule has 0 atom stereocenters. The molecule has 0 saturated heterocycles. The molecule has 100 valence electrons. The average molecular weight is 250 g/mol. The zero-order chi connectivity index (χ0) is 13.1. The van der Waals surface area contributed by atoms with Crippen molar-refractivity contribution < 1.29 is 4.74 Å². The zero-order valence-electron chi connectivity index (χ0n) is 11.4. The highest BCUT2D eigenvalue weighted by Gasteiger charge is 2.25. The number of rotatable bonds is 3. The van der Waals surface area contributed by atoms with E-state index >= 15 is 0 Å². The second-order valence-corrected chi connectivity index (χ2v) is 5.14. The third-order valence-corrected chi connectivity index (χ3v) is 3.88. The minimum absolute atomic E-state index is 0.401. The molecule has 18 heavy (non-hydrogen) atoms. The highest BCUT2D eigenvalue weighted by molar-refractivity contribution is 5.62. The molecule has 0 spiro atoms. The zero-order valence-corrected chi connectivity index (χ0v) is 11.4. The summed E-state index contributed by atoms with van der Waals surface area (Å²) < 4.78 is 5.32. The van der Waals surface area contributed by atoms with Gasteiger partial charge in [-0.1, -0.05) is 6.92 Å². The smallest absolute Gasteiger partial charge is 0.204 e. The molecule has 1 heterocycles. The Hall–Kier alpha value is -1.52. The standard InChI is InChI=1S/C13H22N4O/c1-9-4-6-10(7-5-9)17(2)13-11(18-3)12(14)15-8-16-13/h8-10H,4-7H2,1-3H3,(H2,14,15,16). The van der Waals surface area contributed by atoms with Crippen LogP contribution in [-0.2, 0) is 0 Å². The summed E-state index contributed by atoms with van der Waals surface area (Å²) in [5.41, 5.74) is 5.82. The fraction of sp³-hybridized carbons (Fsp3) is 0.692. The van der Waals surface area contributed by atoms with E-state index < -0.39 is 0 Å². The minimum Gasteiger partial charge on any atom is -0.490 e. The second kappa shape index (κ2) is 5.42. The van der Waals surface area contributed by atoms with Crippen molar-refractivity contribution in [1.82, 2.24) is 9.97 Å². The highest BCUT2D eigenvalue weighted by atomic mass is 16.5. The molecule has 0 unspecified atom stereocenters. The fourth-order valence-corrected chi connectivity index (χ4v) is 2.63. The molecule has 0 radical (unpaired) electrons. The van der Waals surface area contributed by atoms with Crippen LogP contribution in [0.5, 0.6) is 5.75 Å². The highest BCUT2D eigenvalue weighted by Crippen LogP contribution is 2.34. The van der Waals surface area contributed by atoms with Crippen LogP contribution < -0.4 is 15.4 Å². The molecule has 1 saturated carbocycles. The number of ether oxygens (including phenoxy) is 1. The van der Waals surface area contributed by atoms with Crippen molar-refractivity contribution in [3.8, 4) is 5.75 Å². The molecule has 0 bridgehead atoms. The van der Waals surface area contributed by atoms with Gasteiger partial charge in [-0.25, -0.2) is 9.97 Å². The van der Waals surface area contributed by atoms with Crippen molar-refractivity contribution in [3.63, 3.8) is 0 Å². The molecule has 1 aromatic rings. The number of hydrogen-bond donors (Lipinski definition) is 1. The molecule has 0 amide bonds. The van der Waals surface area contributed by atoms with E-state index in [1.165, 1.54) is 32.0 Å². The molecule has 2 rings (SSSR count). The van der Waals surface area contributed by atoms with E-state index in [1.807, 2.05) is 0 Å². The van der Waals surface area contributed by atoms with Gasteiger partial charge in [-0.15, -0.1) is 0 Å². The van der Waals surface area contributed by atoms with Crippen LogP contribution in [-0.4, -0.2) is 30.2 Å². The maximum Gasteiger partial charge on any atom is 0.204 e. The van der Waals surface area contributed by atoms with Gasteiger partial charge in [0.1, 0.15) is 6.33 Å². The molecular formula is C13H22N4O. The molecule has 5 heteroatoms. The average Bonchev–Trinajstić information content (AvgIpc) is 2.38. The lowest BCUT2D eigenvalue weighted by Crippen LogP contribution is -2.35. The summed E-state index contributed by atoms with van der Waals surface area (Å²) in [4.78, 5) is 10.5. The van der Waals surface area contributed by atoms with Crippen LogP contribution >= 0.6 is 0 Å². The van der Waals surface area contributed by atoms with Gasteiger partial charge in [0.15, 0.2) is 11.6 Å². The summed E-state index contributed by atoms with van der Waals surface area (Å²) >= 11 is 0. The topological polar surface area (TPSA) is 64.3 Å². The van der Waals surface area contributed by atoms with Crippen LogP contribution in [0.4, 0.5) is 11.6 Å². The number of nitrogens with two attached hydrogens (primary N) is 1. The normalized spacial score (nSPS) is 23.7. The maximum absolute atomic E-state index is 5.82. The first kappa shape index (κ1) is 12.9. The summed E-state index contributed by atoms with van der Waals surface area (Å²) in [6.07, 6.45) is 6.44. The summed E-state index contributed by atoms with van der Waals surface area (Å²) in [5.74, 6) is 2.62. The van der Waals surface area contributed by atoms with Crippen LogP contribution in [0.2, 0.25) is 0 Å².